The molecule has 1 aliphatic rings. The second-order valence-corrected chi connectivity index (χ2v) is 9.74. The lowest BCUT2D eigenvalue weighted by atomic mass is 10.0. The maximum absolute atomic E-state index is 12.9. The van der Waals surface area contributed by atoms with Crippen LogP contribution in [0.5, 0.6) is 0 Å². The number of hydrogen-bond acceptors (Lipinski definition) is 7. The van der Waals surface area contributed by atoms with E-state index in [1.165, 1.54) is 11.9 Å². The zero-order chi connectivity index (χ0) is 28.4. The van der Waals surface area contributed by atoms with Crippen molar-refractivity contribution in [3.63, 3.8) is 0 Å². The molecular weight excluding hydrogens is 488 g/mol. The topological polar surface area (TPSA) is 180 Å². The van der Waals surface area contributed by atoms with E-state index in [0.717, 1.165) is 11.1 Å². The Morgan fingerprint density at radius 1 is 1.21 bits per heavy atom. The zero-order valence-electron chi connectivity index (χ0n) is 22.5. The third-order valence-electron chi connectivity index (χ3n) is 6.22. The monoisotopic (exact) mass is 528 g/mol. The number of nitrogens with two attached hydrogens (primary N) is 2. The summed E-state index contributed by atoms with van der Waals surface area (Å²) in [4.78, 5) is 49.5. The van der Waals surface area contributed by atoms with E-state index in [0.29, 0.717) is 37.2 Å². The van der Waals surface area contributed by atoms with Crippen molar-refractivity contribution in [2.75, 3.05) is 12.3 Å². The SMILES string of the molecule is CC/C(N)=C/c1cc(/C=C/CC(=O)NC(C(=O)N[C@@H](C)C(=O)N2CCC[C@@H](C(=O)O)N2)C(C)C)ccc1N. The first-order chi connectivity index (χ1) is 17.9. The zero-order valence-corrected chi connectivity index (χ0v) is 22.5. The van der Waals surface area contributed by atoms with E-state index >= 15 is 0 Å². The van der Waals surface area contributed by atoms with Crippen molar-refractivity contribution in [2.24, 2.45) is 11.7 Å². The van der Waals surface area contributed by atoms with Crippen LogP contribution in [-0.4, -0.2) is 58.5 Å². The molecule has 0 saturated carbocycles. The number of aliphatic carboxylic acids is 1. The predicted molar refractivity (Wildman–Crippen MR) is 147 cm³/mol. The van der Waals surface area contributed by atoms with Crippen LogP contribution >= 0.6 is 0 Å². The van der Waals surface area contributed by atoms with Crippen molar-refractivity contribution in [2.45, 2.75) is 71.5 Å². The van der Waals surface area contributed by atoms with Crippen LogP contribution in [0.4, 0.5) is 5.69 Å². The number of allylic oxidation sites excluding steroid dienone is 1. The number of rotatable bonds is 11. The number of carboxylic acids is 1. The summed E-state index contributed by atoms with van der Waals surface area (Å²) < 4.78 is 0. The van der Waals surface area contributed by atoms with Crippen LogP contribution in [0, 0.1) is 5.92 Å². The molecular formula is C27H40N6O5. The highest BCUT2D eigenvalue weighted by Crippen LogP contribution is 2.18. The van der Waals surface area contributed by atoms with Gasteiger partial charge in [-0.15, -0.1) is 0 Å². The largest absolute Gasteiger partial charge is 0.480 e. The molecule has 1 saturated heterocycles. The summed E-state index contributed by atoms with van der Waals surface area (Å²) in [7, 11) is 0. The fourth-order valence-electron chi connectivity index (χ4n) is 3.91. The van der Waals surface area contributed by atoms with Gasteiger partial charge in [0.2, 0.25) is 11.8 Å². The van der Waals surface area contributed by atoms with Gasteiger partial charge in [0.25, 0.3) is 5.91 Å². The first kappa shape index (κ1) is 30.4. The number of nitrogens with zero attached hydrogens (tertiary/aromatic N) is 1. The van der Waals surface area contributed by atoms with Crippen LogP contribution in [0.25, 0.3) is 12.2 Å². The van der Waals surface area contributed by atoms with Gasteiger partial charge < -0.3 is 27.2 Å². The Morgan fingerprint density at radius 2 is 1.92 bits per heavy atom. The second-order valence-electron chi connectivity index (χ2n) is 9.74. The van der Waals surface area contributed by atoms with Gasteiger partial charge in [-0.05, 0) is 61.4 Å². The van der Waals surface area contributed by atoms with Gasteiger partial charge >= 0.3 is 5.97 Å². The highest BCUT2D eigenvalue weighted by atomic mass is 16.4. The first-order valence-electron chi connectivity index (χ1n) is 12.8. The molecule has 208 valence electrons. The Balaban J connectivity index is 1.95. The van der Waals surface area contributed by atoms with Gasteiger partial charge in [-0.3, -0.25) is 24.2 Å². The molecule has 3 amide bonds. The molecule has 3 atom stereocenters. The number of anilines is 1. The maximum Gasteiger partial charge on any atom is 0.322 e. The van der Waals surface area contributed by atoms with E-state index in [9.17, 15) is 24.3 Å². The molecule has 0 aliphatic carbocycles. The van der Waals surface area contributed by atoms with E-state index in [2.05, 4.69) is 16.1 Å². The van der Waals surface area contributed by atoms with Crippen LogP contribution in [0.3, 0.4) is 0 Å². The van der Waals surface area contributed by atoms with Gasteiger partial charge in [0.15, 0.2) is 0 Å². The summed E-state index contributed by atoms with van der Waals surface area (Å²) in [6, 6.07) is 2.88. The van der Waals surface area contributed by atoms with E-state index < -0.39 is 35.9 Å². The van der Waals surface area contributed by atoms with Crippen molar-refractivity contribution in [1.82, 2.24) is 21.1 Å². The van der Waals surface area contributed by atoms with Crippen molar-refractivity contribution < 1.29 is 24.3 Å². The quantitative estimate of drug-likeness (QED) is 0.234. The molecule has 1 aliphatic heterocycles. The highest BCUT2D eigenvalue weighted by Gasteiger charge is 2.32. The third-order valence-corrected chi connectivity index (χ3v) is 6.22. The lowest BCUT2D eigenvalue weighted by Gasteiger charge is -2.34. The summed E-state index contributed by atoms with van der Waals surface area (Å²) >= 11 is 0. The molecule has 11 nitrogen and oxygen atoms in total. The summed E-state index contributed by atoms with van der Waals surface area (Å²) in [5, 5.41) is 15.8. The standard InChI is InChI=1S/C27H40N6O5/c1-5-20(28)15-19-14-18(11-12-21(19)29)8-6-10-23(34)31-24(16(2)3)25(35)30-17(4)26(36)33-13-7-9-22(32-33)27(37)38/h6,8,11-12,14-17,22,24,32H,5,7,9-10,13,28-29H2,1-4H3,(H,30,35)(H,31,34)(H,37,38)/b8-6+,20-15-/t17-,22-,24?/m0/s1. The smallest absolute Gasteiger partial charge is 0.322 e. The van der Waals surface area contributed by atoms with E-state index in [1.54, 1.807) is 32.1 Å². The second kappa shape index (κ2) is 14.2. The number of carbonyl (C=O) groups excluding carboxylic acids is 3. The molecule has 2 rings (SSSR count). The minimum Gasteiger partial charge on any atom is -0.480 e. The molecule has 1 unspecified atom stereocenters. The summed E-state index contributed by atoms with van der Waals surface area (Å²) in [6.07, 6.45) is 7.02. The Bertz CT molecular complexity index is 1080. The number of hydrazine groups is 1. The Labute approximate surface area is 223 Å². The fourth-order valence-corrected chi connectivity index (χ4v) is 3.91. The van der Waals surface area contributed by atoms with Gasteiger partial charge in [0.1, 0.15) is 18.1 Å². The van der Waals surface area contributed by atoms with E-state index in [-0.39, 0.29) is 18.2 Å². The molecule has 11 heteroatoms. The maximum atomic E-state index is 12.9. The Kier molecular flexibility index (Phi) is 11.3. The number of nitrogen functional groups attached to an aromatic ring is 1. The van der Waals surface area contributed by atoms with Crippen LogP contribution in [0.1, 0.15) is 64.5 Å². The minimum absolute atomic E-state index is 0.0475. The van der Waals surface area contributed by atoms with Crippen LogP contribution in [-0.2, 0) is 19.2 Å². The van der Waals surface area contributed by atoms with Gasteiger partial charge in [0, 0.05) is 24.4 Å². The fraction of sp³-hybridized carbons (Fsp3) is 0.481. The number of amides is 3. The normalized spacial score (nSPS) is 17.8. The molecule has 0 bridgehead atoms. The van der Waals surface area contributed by atoms with Gasteiger partial charge in [-0.1, -0.05) is 39.0 Å². The molecule has 38 heavy (non-hydrogen) atoms. The Hall–Kier alpha value is -3.86. The van der Waals surface area contributed by atoms with Crippen LogP contribution in [0.2, 0.25) is 0 Å². The Morgan fingerprint density at radius 3 is 2.55 bits per heavy atom. The average molecular weight is 529 g/mol. The highest BCUT2D eigenvalue weighted by molar-refractivity contribution is 5.92. The number of hydrogen-bond donors (Lipinski definition) is 6. The molecule has 8 N–H and O–H groups in total. The van der Waals surface area contributed by atoms with Crippen molar-refractivity contribution in [3.05, 3.63) is 41.1 Å². The van der Waals surface area contributed by atoms with Crippen LogP contribution < -0.4 is 27.5 Å². The molecule has 0 spiro atoms. The van der Waals surface area contributed by atoms with E-state index in [1.807, 2.05) is 25.1 Å². The minimum atomic E-state index is -1.04. The van der Waals surface area contributed by atoms with Gasteiger partial charge in [-0.25, -0.2) is 5.43 Å². The summed E-state index contributed by atoms with van der Waals surface area (Å²) in [6.45, 7) is 7.41. The molecule has 0 radical (unpaired) electrons. The third kappa shape index (κ3) is 8.91. The number of benzene rings is 1. The van der Waals surface area contributed by atoms with Gasteiger partial charge in [-0.2, -0.15) is 0 Å². The predicted octanol–water partition coefficient (Wildman–Crippen LogP) is 1.61. The summed E-state index contributed by atoms with van der Waals surface area (Å²) in [5.41, 5.74) is 17.6. The lowest BCUT2D eigenvalue weighted by molar-refractivity contribution is -0.148. The van der Waals surface area contributed by atoms with Crippen molar-refractivity contribution >= 4 is 41.5 Å². The van der Waals surface area contributed by atoms with E-state index in [4.69, 9.17) is 11.5 Å². The lowest BCUT2D eigenvalue weighted by Crippen LogP contribution is -2.60. The van der Waals surface area contributed by atoms with Crippen molar-refractivity contribution in [3.8, 4) is 0 Å². The average Bonchev–Trinajstić information content (AvgIpc) is 2.88. The van der Waals surface area contributed by atoms with Crippen LogP contribution in [0.15, 0.2) is 30.0 Å². The number of nitrogens with one attached hydrogen (secondary N) is 3. The molecule has 1 aromatic carbocycles. The molecule has 1 aromatic rings. The summed E-state index contributed by atoms with van der Waals surface area (Å²) in [5.74, 6) is -2.55. The number of carbonyl (C=O) groups is 4. The first-order valence-corrected chi connectivity index (χ1v) is 12.8. The van der Waals surface area contributed by atoms with Crippen molar-refractivity contribution in [1.29, 1.82) is 0 Å². The molecule has 1 fully saturated rings. The molecule has 1 heterocycles. The number of carboxylic acid groups (broad SMARTS) is 1. The van der Waals surface area contributed by atoms with Gasteiger partial charge in [0.05, 0.1) is 0 Å². The molecule has 0 aromatic heterocycles.